The molecule has 0 aliphatic heterocycles. The van der Waals surface area contributed by atoms with Crippen LogP contribution in [0, 0.1) is 0 Å². The predicted octanol–water partition coefficient (Wildman–Crippen LogP) is 3.57. The van der Waals surface area contributed by atoms with E-state index in [1.807, 2.05) is 0 Å². The Morgan fingerprint density at radius 1 is 1.35 bits per heavy atom. The summed E-state index contributed by atoms with van der Waals surface area (Å²) in [7, 11) is 0. The van der Waals surface area contributed by atoms with Gasteiger partial charge in [0.15, 0.2) is 0 Å². The highest BCUT2D eigenvalue weighted by Gasteiger charge is 2.32. The largest absolute Gasteiger partial charge is 0.398 e. The van der Waals surface area contributed by atoms with Gasteiger partial charge in [0.25, 0.3) is 0 Å². The lowest BCUT2D eigenvalue weighted by Gasteiger charge is -2.06. The summed E-state index contributed by atoms with van der Waals surface area (Å²) in [5, 5.41) is 4.22. The molecule has 0 saturated carbocycles. The number of aromatic nitrogens is 2. The van der Waals surface area contributed by atoms with Crippen LogP contribution in [0.4, 0.5) is 18.9 Å². The fraction of sp³-hybridized carbons (Fsp3) is 0.231. The molecular formula is C13H11F3N4OS2. The number of nitrogens with one attached hydrogen (secondary N) is 1. The van der Waals surface area contributed by atoms with Crippen molar-refractivity contribution in [1.29, 1.82) is 0 Å². The molecule has 2 heterocycles. The minimum atomic E-state index is -4.35. The maximum Gasteiger partial charge on any atom is 0.393 e. The van der Waals surface area contributed by atoms with Crippen molar-refractivity contribution in [3.8, 4) is 10.7 Å². The number of thiophene rings is 1. The van der Waals surface area contributed by atoms with Crippen LogP contribution in [0.1, 0.15) is 11.5 Å². The average Bonchev–Trinajstić information content (AvgIpc) is 3.04. The molecule has 0 aliphatic rings. The number of anilines is 1. The monoisotopic (exact) mass is 360 g/mol. The quantitative estimate of drug-likeness (QED) is 0.490. The zero-order valence-electron chi connectivity index (χ0n) is 11.5. The van der Waals surface area contributed by atoms with E-state index in [2.05, 4.69) is 27.7 Å². The van der Waals surface area contributed by atoms with Gasteiger partial charge in [-0.15, -0.1) is 11.3 Å². The number of halogens is 3. The van der Waals surface area contributed by atoms with E-state index in [1.54, 1.807) is 18.2 Å². The Morgan fingerprint density at radius 2 is 2.13 bits per heavy atom. The molecule has 3 aromatic rings. The maximum atomic E-state index is 13.0. The van der Waals surface area contributed by atoms with Gasteiger partial charge in [-0.25, -0.2) is 0 Å². The Labute approximate surface area is 138 Å². The number of hydrogen-bond acceptors (Lipinski definition) is 7. The summed E-state index contributed by atoms with van der Waals surface area (Å²) < 4.78 is 47.0. The molecule has 0 atom stereocenters. The molecule has 0 saturated heterocycles. The summed E-state index contributed by atoms with van der Waals surface area (Å²) in [6.45, 7) is 0.206. The van der Waals surface area contributed by atoms with Crippen LogP contribution < -0.4 is 10.5 Å². The molecule has 0 bridgehead atoms. The van der Waals surface area contributed by atoms with Crippen molar-refractivity contribution in [3.63, 3.8) is 0 Å². The molecule has 0 spiro atoms. The van der Waals surface area contributed by atoms with Crippen LogP contribution in [-0.4, -0.2) is 16.3 Å². The lowest BCUT2D eigenvalue weighted by atomic mass is 10.1. The minimum absolute atomic E-state index is 0.107. The average molecular weight is 360 g/mol. The van der Waals surface area contributed by atoms with Crippen LogP contribution >= 0.6 is 24.2 Å². The molecule has 3 N–H and O–H groups in total. The number of benzene rings is 1. The van der Waals surface area contributed by atoms with Gasteiger partial charge in [0.05, 0.1) is 22.5 Å². The molecule has 3 rings (SSSR count). The summed E-state index contributed by atoms with van der Waals surface area (Å²) in [6, 6.07) is 4.88. The van der Waals surface area contributed by atoms with Crippen molar-refractivity contribution in [3.05, 3.63) is 29.7 Å². The van der Waals surface area contributed by atoms with Gasteiger partial charge in [0.1, 0.15) is 0 Å². The second-order valence-corrected chi connectivity index (χ2v) is 6.11. The van der Waals surface area contributed by atoms with Crippen LogP contribution in [0.25, 0.3) is 20.8 Å². The Morgan fingerprint density at radius 3 is 2.83 bits per heavy atom. The van der Waals surface area contributed by atoms with Gasteiger partial charge in [0.2, 0.25) is 11.7 Å². The van der Waals surface area contributed by atoms with Crippen LogP contribution in [0.5, 0.6) is 0 Å². The van der Waals surface area contributed by atoms with Crippen molar-refractivity contribution in [1.82, 2.24) is 14.9 Å². The van der Waals surface area contributed by atoms with Gasteiger partial charge < -0.3 is 10.3 Å². The zero-order valence-corrected chi connectivity index (χ0v) is 13.2. The van der Waals surface area contributed by atoms with Crippen LogP contribution in [0.15, 0.2) is 22.7 Å². The van der Waals surface area contributed by atoms with Crippen molar-refractivity contribution in [2.45, 2.75) is 19.1 Å². The van der Waals surface area contributed by atoms with Gasteiger partial charge >= 0.3 is 6.18 Å². The van der Waals surface area contributed by atoms with Gasteiger partial charge in [-0.2, -0.15) is 18.2 Å². The van der Waals surface area contributed by atoms with Crippen molar-refractivity contribution < 1.29 is 17.7 Å². The number of nitrogen functional groups attached to an aromatic ring is 1. The number of alkyl halides is 3. The third-order valence-corrected chi connectivity index (χ3v) is 4.58. The number of hydrogen-bond donors (Lipinski definition) is 3. The molecule has 23 heavy (non-hydrogen) atoms. The standard InChI is InChI=1S/C13H11F3N4OS2/c14-13(15,16)4-7-6-2-1-3-8(17)10(6)23-11(7)12-19-9(5-18-22)21-20-12/h1-3,18,22H,4-5,17H2. The Bertz CT molecular complexity index is 843. The molecule has 122 valence electrons. The molecule has 0 fully saturated rings. The molecule has 2 aromatic heterocycles. The predicted molar refractivity (Wildman–Crippen MR) is 85.1 cm³/mol. The van der Waals surface area contributed by atoms with Gasteiger partial charge in [-0.1, -0.05) is 30.1 Å². The molecule has 10 heteroatoms. The van der Waals surface area contributed by atoms with Gasteiger partial charge in [-0.05, 0) is 17.0 Å². The van der Waals surface area contributed by atoms with E-state index in [-0.39, 0.29) is 23.8 Å². The first kappa shape index (κ1) is 16.1. The summed E-state index contributed by atoms with van der Waals surface area (Å²) in [4.78, 5) is 4.41. The molecule has 0 unspecified atom stereocenters. The van der Waals surface area contributed by atoms with Gasteiger partial charge in [0, 0.05) is 5.69 Å². The molecule has 0 aliphatic carbocycles. The van der Waals surface area contributed by atoms with E-state index >= 15 is 0 Å². The van der Waals surface area contributed by atoms with E-state index in [4.69, 9.17) is 10.3 Å². The smallest absolute Gasteiger partial charge is 0.393 e. The fourth-order valence-corrected chi connectivity index (χ4v) is 3.54. The lowest BCUT2D eigenvalue weighted by Crippen LogP contribution is -2.11. The number of fused-ring (bicyclic) bond motifs is 1. The second kappa shape index (κ2) is 6.02. The summed E-state index contributed by atoms with van der Waals surface area (Å²) in [5.74, 6) is 0.349. The zero-order chi connectivity index (χ0) is 16.6. The SMILES string of the molecule is Nc1cccc2c(CC(F)(F)F)c(-c3noc(CNS)n3)sc12. The van der Waals surface area contributed by atoms with Crippen LogP contribution in [0.3, 0.4) is 0 Å². The summed E-state index contributed by atoms with van der Waals surface area (Å²) in [6.07, 6.45) is -5.44. The summed E-state index contributed by atoms with van der Waals surface area (Å²) >= 11 is 4.94. The van der Waals surface area contributed by atoms with E-state index in [0.29, 0.717) is 20.7 Å². The lowest BCUT2D eigenvalue weighted by molar-refractivity contribution is -0.126. The molecule has 0 amide bonds. The number of rotatable bonds is 4. The first-order chi connectivity index (χ1) is 10.9. The van der Waals surface area contributed by atoms with E-state index in [9.17, 15) is 13.2 Å². The Hall–Kier alpha value is -1.78. The fourth-order valence-electron chi connectivity index (χ4n) is 2.24. The van der Waals surface area contributed by atoms with Crippen molar-refractivity contribution >= 4 is 39.9 Å². The number of nitrogens with two attached hydrogens (primary N) is 1. The Balaban J connectivity index is 2.17. The van der Waals surface area contributed by atoms with E-state index in [0.717, 1.165) is 11.3 Å². The third kappa shape index (κ3) is 3.28. The van der Waals surface area contributed by atoms with Gasteiger partial charge in [-0.3, -0.25) is 4.72 Å². The van der Waals surface area contributed by atoms with Crippen LogP contribution in [-0.2, 0) is 13.0 Å². The molecular weight excluding hydrogens is 349 g/mol. The van der Waals surface area contributed by atoms with Crippen molar-refractivity contribution in [2.75, 3.05) is 5.73 Å². The topological polar surface area (TPSA) is 77.0 Å². The molecule has 5 nitrogen and oxygen atoms in total. The first-order valence-electron chi connectivity index (χ1n) is 6.45. The van der Waals surface area contributed by atoms with E-state index in [1.165, 1.54) is 0 Å². The highest BCUT2D eigenvalue weighted by atomic mass is 32.1. The number of thiol groups is 1. The number of nitrogens with zero attached hydrogens (tertiary/aromatic N) is 2. The maximum absolute atomic E-state index is 13.0. The highest BCUT2D eigenvalue weighted by molar-refractivity contribution is 7.78. The van der Waals surface area contributed by atoms with E-state index < -0.39 is 12.6 Å². The van der Waals surface area contributed by atoms with Crippen LogP contribution in [0.2, 0.25) is 0 Å². The third-order valence-electron chi connectivity index (χ3n) is 3.13. The first-order valence-corrected chi connectivity index (χ1v) is 7.72. The highest BCUT2D eigenvalue weighted by Crippen LogP contribution is 2.42. The Kier molecular flexibility index (Phi) is 4.21. The van der Waals surface area contributed by atoms with Crippen molar-refractivity contribution in [2.24, 2.45) is 0 Å². The molecule has 1 aromatic carbocycles. The minimum Gasteiger partial charge on any atom is -0.398 e. The second-order valence-electron chi connectivity index (χ2n) is 4.77. The summed E-state index contributed by atoms with van der Waals surface area (Å²) in [5.41, 5.74) is 6.40. The molecule has 0 radical (unpaired) electrons. The normalized spacial score (nSPS) is 12.2.